The topological polar surface area (TPSA) is 35.2 Å². The van der Waals surface area contributed by atoms with Gasteiger partial charge in [-0.25, -0.2) is 0 Å². The van der Waals surface area contributed by atoms with Gasteiger partial charge in [0.25, 0.3) is 0 Å². The zero-order chi connectivity index (χ0) is 14.5. The number of halogens is 3. The third kappa shape index (κ3) is 6.47. The molecule has 1 aromatic carbocycles. The number of rotatable bonds is 6. The summed E-state index contributed by atoms with van der Waals surface area (Å²) in [6.07, 6.45) is -1.55. The summed E-state index contributed by atoms with van der Waals surface area (Å²) in [4.78, 5) is 0. The third-order valence-electron chi connectivity index (χ3n) is 2.79. The molecular weight excluding hydrogens is 255 g/mol. The molecule has 0 spiro atoms. The molecule has 0 saturated carbocycles. The van der Waals surface area contributed by atoms with Gasteiger partial charge in [-0.1, -0.05) is 13.0 Å². The van der Waals surface area contributed by atoms with Crippen LogP contribution in [0.5, 0.6) is 5.75 Å². The highest BCUT2D eigenvalue weighted by atomic mass is 19.4. The monoisotopic (exact) mass is 275 g/mol. The molecule has 5 heteroatoms. The van der Waals surface area contributed by atoms with Gasteiger partial charge in [0, 0.05) is 6.04 Å². The van der Waals surface area contributed by atoms with Crippen LogP contribution in [0.15, 0.2) is 18.2 Å². The maximum absolute atomic E-state index is 12.2. The summed E-state index contributed by atoms with van der Waals surface area (Å²) in [5.74, 6) is -0.136. The van der Waals surface area contributed by atoms with E-state index in [9.17, 15) is 13.2 Å². The Labute approximate surface area is 111 Å². The number of hydrogen-bond donors (Lipinski definition) is 1. The SMILES string of the molecule is CCc1cc(CCC[C@H](C)N)cc(OC(F)(F)F)c1. The second-order valence-corrected chi connectivity index (χ2v) is 4.76. The van der Waals surface area contributed by atoms with Crippen molar-refractivity contribution in [3.05, 3.63) is 29.3 Å². The predicted molar refractivity (Wildman–Crippen MR) is 69.1 cm³/mol. The lowest BCUT2D eigenvalue weighted by atomic mass is 10.0. The largest absolute Gasteiger partial charge is 0.573 e. The van der Waals surface area contributed by atoms with Gasteiger partial charge in [0.1, 0.15) is 5.75 Å². The number of ether oxygens (including phenoxy) is 1. The second-order valence-electron chi connectivity index (χ2n) is 4.76. The summed E-state index contributed by atoms with van der Waals surface area (Å²) in [5, 5.41) is 0. The molecule has 2 nitrogen and oxygen atoms in total. The van der Waals surface area contributed by atoms with E-state index in [1.54, 1.807) is 0 Å². The van der Waals surface area contributed by atoms with E-state index in [2.05, 4.69) is 4.74 Å². The van der Waals surface area contributed by atoms with Crippen LogP contribution in [0.2, 0.25) is 0 Å². The minimum atomic E-state index is -4.64. The van der Waals surface area contributed by atoms with Crippen LogP contribution in [0, 0.1) is 0 Å². The minimum absolute atomic E-state index is 0.111. The molecular formula is C14H20F3NO. The van der Waals surface area contributed by atoms with Gasteiger partial charge >= 0.3 is 6.36 Å². The van der Waals surface area contributed by atoms with Crippen molar-refractivity contribution < 1.29 is 17.9 Å². The highest BCUT2D eigenvalue weighted by Crippen LogP contribution is 2.26. The lowest BCUT2D eigenvalue weighted by Gasteiger charge is -2.12. The van der Waals surface area contributed by atoms with Crippen molar-refractivity contribution in [2.45, 2.75) is 51.9 Å². The Balaban J connectivity index is 2.77. The maximum Gasteiger partial charge on any atom is 0.573 e. The van der Waals surface area contributed by atoms with E-state index in [-0.39, 0.29) is 11.8 Å². The first-order chi connectivity index (χ1) is 8.80. The summed E-state index contributed by atoms with van der Waals surface area (Å²) in [6.45, 7) is 3.82. The Bertz CT molecular complexity index is 402. The van der Waals surface area contributed by atoms with Crippen LogP contribution in [0.25, 0.3) is 0 Å². The fourth-order valence-corrected chi connectivity index (χ4v) is 1.90. The van der Waals surface area contributed by atoms with Crippen LogP contribution in [0.3, 0.4) is 0 Å². The molecule has 0 aromatic heterocycles. The average molecular weight is 275 g/mol. The third-order valence-corrected chi connectivity index (χ3v) is 2.79. The minimum Gasteiger partial charge on any atom is -0.406 e. The van der Waals surface area contributed by atoms with Gasteiger partial charge in [0.05, 0.1) is 0 Å². The molecule has 1 rings (SSSR count). The van der Waals surface area contributed by atoms with Gasteiger partial charge in [-0.05, 0) is 55.9 Å². The Hall–Kier alpha value is -1.23. The van der Waals surface area contributed by atoms with E-state index in [0.717, 1.165) is 24.0 Å². The summed E-state index contributed by atoms with van der Waals surface area (Å²) < 4.78 is 40.7. The molecule has 0 aliphatic heterocycles. The summed E-state index contributed by atoms with van der Waals surface area (Å²) >= 11 is 0. The van der Waals surface area contributed by atoms with Gasteiger partial charge in [-0.2, -0.15) is 0 Å². The average Bonchev–Trinajstić information content (AvgIpc) is 2.25. The molecule has 0 aliphatic rings. The van der Waals surface area contributed by atoms with E-state index in [4.69, 9.17) is 5.73 Å². The van der Waals surface area contributed by atoms with E-state index >= 15 is 0 Å². The molecule has 19 heavy (non-hydrogen) atoms. The van der Waals surface area contributed by atoms with Gasteiger partial charge < -0.3 is 10.5 Å². The molecule has 0 bridgehead atoms. The molecule has 1 atom stereocenters. The van der Waals surface area contributed by atoms with Crippen LogP contribution in [0.1, 0.15) is 37.8 Å². The molecule has 0 heterocycles. The highest BCUT2D eigenvalue weighted by molar-refractivity contribution is 5.34. The molecule has 0 unspecified atom stereocenters. The number of aryl methyl sites for hydroxylation is 2. The first-order valence-electron chi connectivity index (χ1n) is 6.44. The quantitative estimate of drug-likeness (QED) is 0.856. The summed E-state index contributed by atoms with van der Waals surface area (Å²) in [6, 6.07) is 4.92. The van der Waals surface area contributed by atoms with E-state index < -0.39 is 6.36 Å². The summed E-state index contributed by atoms with van der Waals surface area (Å²) in [5.41, 5.74) is 7.36. The van der Waals surface area contributed by atoms with Crippen molar-refractivity contribution in [2.24, 2.45) is 5.73 Å². The van der Waals surface area contributed by atoms with E-state index in [1.165, 1.54) is 12.1 Å². The van der Waals surface area contributed by atoms with Crippen molar-refractivity contribution in [3.63, 3.8) is 0 Å². The zero-order valence-corrected chi connectivity index (χ0v) is 11.3. The Kier molecular flexibility index (Phi) is 5.66. The van der Waals surface area contributed by atoms with Gasteiger partial charge in [-0.3, -0.25) is 0 Å². The van der Waals surface area contributed by atoms with Gasteiger partial charge in [0.15, 0.2) is 0 Å². The Morgan fingerprint density at radius 1 is 1.21 bits per heavy atom. The molecule has 0 amide bonds. The number of alkyl halides is 3. The van der Waals surface area contributed by atoms with Crippen LogP contribution < -0.4 is 10.5 Å². The standard InChI is InChI=1S/C14H20F3NO/c1-3-11-7-12(6-4-5-10(2)18)9-13(8-11)19-14(15,16)17/h7-10H,3-6,18H2,1-2H3/t10-/m0/s1. The number of benzene rings is 1. The van der Waals surface area contributed by atoms with Crippen LogP contribution in [0.4, 0.5) is 13.2 Å². The van der Waals surface area contributed by atoms with Crippen LogP contribution >= 0.6 is 0 Å². The molecule has 108 valence electrons. The van der Waals surface area contributed by atoms with Crippen LogP contribution in [-0.2, 0) is 12.8 Å². The molecule has 2 N–H and O–H groups in total. The highest BCUT2D eigenvalue weighted by Gasteiger charge is 2.31. The predicted octanol–water partition coefficient (Wildman–Crippen LogP) is 3.82. The first kappa shape index (κ1) is 15.8. The van der Waals surface area contributed by atoms with Gasteiger partial charge in [0.2, 0.25) is 0 Å². The van der Waals surface area contributed by atoms with Crippen molar-refractivity contribution in [3.8, 4) is 5.75 Å². The molecule has 0 radical (unpaired) electrons. The smallest absolute Gasteiger partial charge is 0.406 e. The lowest BCUT2D eigenvalue weighted by molar-refractivity contribution is -0.274. The lowest BCUT2D eigenvalue weighted by Crippen LogP contribution is -2.17. The molecule has 0 fully saturated rings. The number of hydrogen-bond acceptors (Lipinski definition) is 2. The van der Waals surface area contributed by atoms with Crippen molar-refractivity contribution >= 4 is 0 Å². The fourth-order valence-electron chi connectivity index (χ4n) is 1.90. The van der Waals surface area contributed by atoms with Crippen molar-refractivity contribution in [1.82, 2.24) is 0 Å². The van der Waals surface area contributed by atoms with Gasteiger partial charge in [-0.15, -0.1) is 13.2 Å². The van der Waals surface area contributed by atoms with Crippen molar-refractivity contribution in [1.29, 1.82) is 0 Å². The maximum atomic E-state index is 12.2. The molecule has 0 saturated heterocycles. The Morgan fingerprint density at radius 2 is 1.84 bits per heavy atom. The van der Waals surface area contributed by atoms with E-state index in [0.29, 0.717) is 12.8 Å². The molecule has 1 aromatic rings. The number of nitrogens with two attached hydrogens (primary N) is 1. The normalized spacial score (nSPS) is 13.4. The second kappa shape index (κ2) is 6.80. The van der Waals surface area contributed by atoms with Crippen molar-refractivity contribution in [2.75, 3.05) is 0 Å². The van der Waals surface area contributed by atoms with Crippen LogP contribution in [-0.4, -0.2) is 12.4 Å². The Morgan fingerprint density at radius 3 is 2.37 bits per heavy atom. The first-order valence-corrected chi connectivity index (χ1v) is 6.44. The fraction of sp³-hybridized carbons (Fsp3) is 0.571. The summed E-state index contributed by atoms with van der Waals surface area (Å²) in [7, 11) is 0. The van der Waals surface area contributed by atoms with E-state index in [1.807, 2.05) is 19.9 Å². The molecule has 0 aliphatic carbocycles. The zero-order valence-electron chi connectivity index (χ0n) is 11.3.